The van der Waals surface area contributed by atoms with Gasteiger partial charge in [-0.2, -0.15) is 5.06 Å². The molecule has 2 heterocycles. The van der Waals surface area contributed by atoms with Crippen LogP contribution in [0.5, 0.6) is 5.75 Å². The minimum absolute atomic E-state index is 0.0673. The maximum absolute atomic E-state index is 13.0. The molecule has 1 atom stereocenters. The number of ketones is 1. The minimum atomic E-state index is -0.139. The van der Waals surface area contributed by atoms with Crippen LogP contribution in [0.1, 0.15) is 49.9 Å². The van der Waals surface area contributed by atoms with Crippen molar-refractivity contribution in [3.05, 3.63) is 29.8 Å². The van der Waals surface area contributed by atoms with Gasteiger partial charge in [0.2, 0.25) is 5.91 Å². The third kappa shape index (κ3) is 5.53. The van der Waals surface area contributed by atoms with Crippen molar-refractivity contribution in [1.82, 2.24) is 9.96 Å². The number of piperidine rings is 1. The van der Waals surface area contributed by atoms with E-state index in [1.165, 1.54) is 0 Å². The van der Waals surface area contributed by atoms with Crippen molar-refractivity contribution in [3.63, 3.8) is 0 Å². The van der Waals surface area contributed by atoms with Crippen LogP contribution in [-0.4, -0.2) is 60.5 Å². The summed E-state index contributed by atoms with van der Waals surface area (Å²) in [5.74, 6) is 0.787. The van der Waals surface area contributed by atoms with E-state index in [0.717, 1.165) is 39.0 Å². The molecule has 0 N–H and O–H groups in total. The molecule has 6 heteroatoms. The number of carbonyl (C=O) groups is 2. The highest BCUT2D eigenvalue weighted by Crippen LogP contribution is 2.24. The second kappa shape index (κ2) is 9.33. The third-order valence-electron chi connectivity index (χ3n) is 5.04. The predicted octanol–water partition coefficient (Wildman–Crippen LogP) is 2.92. The first kappa shape index (κ1) is 19.8. The average molecular weight is 374 g/mol. The first-order valence-electron chi connectivity index (χ1n) is 9.99. The van der Waals surface area contributed by atoms with E-state index in [-0.39, 0.29) is 23.7 Å². The van der Waals surface area contributed by atoms with Crippen molar-refractivity contribution in [3.8, 4) is 5.75 Å². The molecule has 27 heavy (non-hydrogen) atoms. The first-order valence-corrected chi connectivity index (χ1v) is 9.99. The number of likely N-dealkylation sites (tertiary alicyclic amines) is 1. The normalized spacial score (nSPS) is 20.9. The summed E-state index contributed by atoms with van der Waals surface area (Å²) in [6.07, 6.45) is 3.22. The molecule has 1 amide bonds. The molecule has 0 bridgehead atoms. The maximum atomic E-state index is 13.0. The number of nitrogens with zero attached hydrogens (tertiary/aromatic N) is 2. The second-order valence-corrected chi connectivity index (χ2v) is 7.60. The fraction of sp³-hybridized carbons (Fsp3) is 0.619. The summed E-state index contributed by atoms with van der Waals surface area (Å²) in [6, 6.07) is 7.37. The van der Waals surface area contributed by atoms with Gasteiger partial charge in [0.1, 0.15) is 5.75 Å². The summed E-state index contributed by atoms with van der Waals surface area (Å²) in [6.45, 7) is 7.44. The quantitative estimate of drug-likeness (QED) is 0.687. The fourth-order valence-electron chi connectivity index (χ4n) is 3.70. The molecule has 0 unspecified atom stereocenters. The molecule has 0 spiro atoms. The number of ether oxygens (including phenoxy) is 1. The van der Waals surface area contributed by atoms with Crippen molar-refractivity contribution in [2.75, 3.05) is 32.8 Å². The monoisotopic (exact) mass is 374 g/mol. The number of Topliss-reactive ketones (excluding diaryl/α,β-unsaturated/α-hetero) is 1. The Kier molecular flexibility index (Phi) is 6.85. The molecular weight excluding hydrogens is 344 g/mol. The Morgan fingerprint density at radius 2 is 2.11 bits per heavy atom. The molecule has 1 aromatic carbocycles. The lowest BCUT2D eigenvalue weighted by atomic mass is 9.89. The third-order valence-corrected chi connectivity index (χ3v) is 5.04. The average Bonchev–Trinajstić information content (AvgIpc) is 3.19. The van der Waals surface area contributed by atoms with E-state index in [0.29, 0.717) is 30.8 Å². The Balaban J connectivity index is 1.56. The highest BCUT2D eigenvalue weighted by molar-refractivity contribution is 5.98. The molecular formula is C21H30N2O4. The van der Waals surface area contributed by atoms with Gasteiger partial charge in [-0.3, -0.25) is 14.4 Å². The van der Waals surface area contributed by atoms with E-state index < -0.39 is 0 Å². The summed E-state index contributed by atoms with van der Waals surface area (Å²) >= 11 is 0. The number of hydroxylamine groups is 2. The summed E-state index contributed by atoms with van der Waals surface area (Å²) in [5, 5.41) is 1.87. The molecule has 2 fully saturated rings. The summed E-state index contributed by atoms with van der Waals surface area (Å²) in [5.41, 5.74) is 0.665. The number of carbonyl (C=O) groups excluding carboxylic acids is 2. The lowest BCUT2D eigenvalue weighted by Crippen LogP contribution is -2.43. The van der Waals surface area contributed by atoms with Crippen LogP contribution in [0.25, 0.3) is 0 Å². The van der Waals surface area contributed by atoms with E-state index >= 15 is 0 Å². The van der Waals surface area contributed by atoms with E-state index in [9.17, 15) is 9.59 Å². The van der Waals surface area contributed by atoms with Crippen molar-refractivity contribution in [2.24, 2.45) is 5.92 Å². The van der Waals surface area contributed by atoms with Crippen LogP contribution in [0.3, 0.4) is 0 Å². The molecule has 0 aromatic heterocycles. The Labute approximate surface area is 161 Å². The predicted molar refractivity (Wildman–Crippen MR) is 103 cm³/mol. The van der Waals surface area contributed by atoms with Crippen LogP contribution < -0.4 is 4.74 Å². The number of rotatable bonds is 7. The molecule has 1 aromatic rings. The SMILES string of the molecule is CC(C)Oc1cccc(C(=O)[C@H]2CCCN(C(=O)CCN3CCCO3)C2)c1. The number of hydrogen-bond acceptors (Lipinski definition) is 5. The van der Waals surface area contributed by atoms with Crippen molar-refractivity contribution >= 4 is 11.7 Å². The highest BCUT2D eigenvalue weighted by atomic mass is 16.7. The molecule has 0 aliphatic carbocycles. The van der Waals surface area contributed by atoms with Gasteiger partial charge in [0.05, 0.1) is 12.7 Å². The molecule has 2 aliphatic rings. The zero-order valence-electron chi connectivity index (χ0n) is 16.4. The lowest BCUT2D eigenvalue weighted by Gasteiger charge is -2.32. The van der Waals surface area contributed by atoms with Gasteiger partial charge < -0.3 is 9.64 Å². The highest BCUT2D eigenvalue weighted by Gasteiger charge is 2.29. The number of benzene rings is 1. The summed E-state index contributed by atoms with van der Waals surface area (Å²) < 4.78 is 5.70. The smallest absolute Gasteiger partial charge is 0.223 e. The molecule has 0 saturated carbocycles. The standard InChI is InChI=1S/C21H30N2O4/c1-16(2)27-19-8-3-6-17(14-19)21(25)18-7-4-10-22(15-18)20(24)9-12-23-11-5-13-26-23/h3,6,8,14,16,18H,4-5,7,9-13,15H2,1-2H3/t18-/m0/s1. The zero-order chi connectivity index (χ0) is 19.2. The van der Waals surface area contributed by atoms with Gasteiger partial charge in [-0.25, -0.2) is 0 Å². The molecule has 0 radical (unpaired) electrons. The largest absolute Gasteiger partial charge is 0.491 e. The van der Waals surface area contributed by atoms with Crippen LogP contribution >= 0.6 is 0 Å². The Bertz CT molecular complexity index is 655. The van der Waals surface area contributed by atoms with Gasteiger partial charge in [-0.1, -0.05) is 12.1 Å². The topological polar surface area (TPSA) is 59.1 Å². The second-order valence-electron chi connectivity index (χ2n) is 7.60. The first-order chi connectivity index (χ1) is 13.0. The van der Waals surface area contributed by atoms with Gasteiger partial charge in [0.15, 0.2) is 5.78 Å². The van der Waals surface area contributed by atoms with Crippen LogP contribution in [0.4, 0.5) is 0 Å². The molecule has 6 nitrogen and oxygen atoms in total. The van der Waals surface area contributed by atoms with Crippen LogP contribution in [0.2, 0.25) is 0 Å². The lowest BCUT2D eigenvalue weighted by molar-refractivity contribution is -0.139. The Morgan fingerprint density at radius 3 is 2.85 bits per heavy atom. The molecule has 2 aliphatic heterocycles. The maximum Gasteiger partial charge on any atom is 0.223 e. The Morgan fingerprint density at radius 1 is 1.26 bits per heavy atom. The van der Waals surface area contributed by atoms with E-state index in [2.05, 4.69) is 0 Å². The fourth-order valence-corrected chi connectivity index (χ4v) is 3.70. The number of hydrogen-bond donors (Lipinski definition) is 0. The summed E-state index contributed by atoms with van der Waals surface area (Å²) in [7, 11) is 0. The number of amides is 1. The van der Waals surface area contributed by atoms with Crippen LogP contribution in [-0.2, 0) is 9.63 Å². The van der Waals surface area contributed by atoms with Gasteiger partial charge >= 0.3 is 0 Å². The van der Waals surface area contributed by atoms with Gasteiger partial charge in [0.25, 0.3) is 0 Å². The zero-order valence-corrected chi connectivity index (χ0v) is 16.4. The van der Waals surface area contributed by atoms with E-state index in [1.54, 1.807) is 0 Å². The van der Waals surface area contributed by atoms with Crippen molar-refractivity contribution < 1.29 is 19.2 Å². The van der Waals surface area contributed by atoms with Crippen LogP contribution in [0.15, 0.2) is 24.3 Å². The van der Waals surface area contributed by atoms with Crippen LogP contribution in [0, 0.1) is 5.92 Å². The van der Waals surface area contributed by atoms with Crippen molar-refractivity contribution in [1.29, 1.82) is 0 Å². The summed E-state index contributed by atoms with van der Waals surface area (Å²) in [4.78, 5) is 32.8. The van der Waals surface area contributed by atoms with Crippen molar-refractivity contribution in [2.45, 2.75) is 45.6 Å². The molecule has 148 valence electrons. The van der Waals surface area contributed by atoms with Gasteiger partial charge in [-0.05, 0) is 45.2 Å². The van der Waals surface area contributed by atoms with Gasteiger partial charge in [-0.15, -0.1) is 0 Å². The molecule has 3 rings (SSSR count). The minimum Gasteiger partial charge on any atom is -0.491 e. The Hall–Kier alpha value is -1.92. The van der Waals surface area contributed by atoms with Gasteiger partial charge in [0, 0.05) is 44.1 Å². The molecule has 2 saturated heterocycles. The van der Waals surface area contributed by atoms with E-state index in [1.807, 2.05) is 48.1 Å². The van der Waals surface area contributed by atoms with E-state index in [4.69, 9.17) is 9.57 Å².